The Bertz CT molecular complexity index is 339. The van der Waals surface area contributed by atoms with E-state index in [2.05, 4.69) is 25.1 Å². The molecule has 1 aromatic rings. The summed E-state index contributed by atoms with van der Waals surface area (Å²) in [6, 6.07) is 9.94. The molecule has 1 aromatic carbocycles. The van der Waals surface area contributed by atoms with Gasteiger partial charge in [0, 0.05) is 0 Å². The lowest BCUT2D eigenvalue weighted by molar-refractivity contribution is 0.322. The number of benzene rings is 1. The predicted molar refractivity (Wildman–Crippen MR) is 64.2 cm³/mol. The van der Waals surface area contributed by atoms with Crippen LogP contribution in [0.15, 0.2) is 41.6 Å². The fourth-order valence-corrected chi connectivity index (χ4v) is 1.30. The number of hydrogen-bond acceptors (Lipinski definition) is 2. The van der Waals surface area contributed by atoms with Gasteiger partial charge in [-0.2, -0.15) is 0 Å². The van der Waals surface area contributed by atoms with Crippen molar-refractivity contribution in [1.82, 2.24) is 0 Å². The van der Waals surface area contributed by atoms with Crippen molar-refractivity contribution in [2.24, 2.45) is 11.1 Å². The first-order chi connectivity index (χ1) is 7.24. The van der Waals surface area contributed by atoms with E-state index in [1.165, 1.54) is 6.21 Å². The van der Waals surface area contributed by atoms with E-state index in [0.29, 0.717) is 5.92 Å². The largest absolute Gasteiger partial charge is 0.411 e. The Hall–Kier alpha value is -1.57. The minimum absolute atomic E-state index is 0.607. The lowest BCUT2D eigenvalue weighted by Gasteiger charge is -2.03. The summed E-state index contributed by atoms with van der Waals surface area (Å²) in [7, 11) is 0. The van der Waals surface area contributed by atoms with Gasteiger partial charge in [-0.1, -0.05) is 55.4 Å². The predicted octanol–water partition coefficient (Wildman–Crippen LogP) is 3.58. The molecule has 15 heavy (non-hydrogen) atoms. The first-order valence-corrected chi connectivity index (χ1v) is 5.17. The summed E-state index contributed by atoms with van der Waals surface area (Å²) >= 11 is 0. The lowest BCUT2D eigenvalue weighted by atomic mass is 10.0. The van der Waals surface area contributed by atoms with Crippen molar-refractivity contribution < 1.29 is 5.21 Å². The molecule has 0 fully saturated rings. The molecule has 0 amide bonds. The third-order valence-electron chi connectivity index (χ3n) is 2.11. The summed E-state index contributed by atoms with van der Waals surface area (Å²) < 4.78 is 0. The van der Waals surface area contributed by atoms with Crippen LogP contribution in [0, 0.1) is 5.92 Å². The average molecular weight is 203 g/mol. The Labute approximate surface area is 90.9 Å². The second-order valence-electron chi connectivity index (χ2n) is 3.90. The molecule has 0 atom stereocenters. The van der Waals surface area contributed by atoms with Crippen LogP contribution >= 0.6 is 0 Å². The number of nitrogens with zero attached hydrogens (tertiary/aromatic N) is 1. The molecule has 0 saturated heterocycles. The van der Waals surface area contributed by atoms with Crippen LogP contribution in [0.4, 0.5) is 0 Å². The molecule has 0 bridgehead atoms. The first kappa shape index (κ1) is 11.5. The van der Waals surface area contributed by atoms with Gasteiger partial charge in [0.1, 0.15) is 0 Å². The first-order valence-electron chi connectivity index (χ1n) is 5.17. The van der Waals surface area contributed by atoms with Crippen molar-refractivity contribution in [3.8, 4) is 0 Å². The van der Waals surface area contributed by atoms with Gasteiger partial charge in [0.05, 0.1) is 6.21 Å². The van der Waals surface area contributed by atoms with Gasteiger partial charge < -0.3 is 5.21 Å². The van der Waals surface area contributed by atoms with E-state index in [1.807, 2.05) is 30.3 Å². The quantitative estimate of drug-likeness (QED) is 0.453. The maximum Gasteiger partial charge on any atom is 0.0736 e. The molecule has 0 saturated carbocycles. The highest BCUT2D eigenvalue weighted by Crippen LogP contribution is 2.14. The van der Waals surface area contributed by atoms with Crippen LogP contribution in [0.1, 0.15) is 25.8 Å². The molecule has 0 spiro atoms. The van der Waals surface area contributed by atoms with Crippen LogP contribution in [0.3, 0.4) is 0 Å². The Morgan fingerprint density at radius 1 is 1.33 bits per heavy atom. The molecule has 0 aliphatic rings. The van der Waals surface area contributed by atoms with Gasteiger partial charge in [0.2, 0.25) is 0 Å². The van der Waals surface area contributed by atoms with Crippen molar-refractivity contribution in [3.63, 3.8) is 0 Å². The molecule has 2 heteroatoms. The number of oxime groups is 1. The van der Waals surface area contributed by atoms with E-state index in [4.69, 9.17) is 5.21 Å². The Morgan fingerprint density at radius 2 is 2.00 bits per heavy atom. The van der Waals surface area contributed by atoms with Crippen LogP contribution in [-0.4, -0.2) is 11.4 Å². The minimum Gasteiger partial charge on any atom is -0.411 e. The molecule has 1 N–H and O–H groups in total. The van der Waals surface area contributed by atoms with Crippen LogP contribution in [-0.2, 0) is 0 Å². The molecule has 0 heterocycles. The molecule has 80 valence electrons. The van der Waals surface area contributed by atoms with Crippen LogP contribution in [0.2, 0.25) is 0 Å². The summed E-state index contributed by atoms with van der Waals surface area (Å²) in [5.41, 5.74) is 2.04. The number of rotatable bonds is 4. The fourth-order valence-electron chi connectivity index (χ4n) is 1.30. The van der Waals surface area contributed by atoms with Gasteiger partial charge in [0.25, 0.3) is 0 Å². The normalized spacial score (nSPS) is 12.6. The molecular formula is C13H17NO. The zero-order valence-electron chi connectivity index (χ0n) is 9.22. The van der Waals surface area contributed by atoms with Gasteiger partial charge >= 0.3 is 0 Å². The highest BCUT2D eigenvalue weighted by atomic mass is 16.4. The Balaban J connectivity index is 2.88. The van der Waals surface area contributed by atoms with Crippen LogP contribution in [0.5, 0.6) is 0 Å². The molecule has 1 rings (SSSR count). The minimum atomic E-state index is 0.607. The monoisotopic (exact) mass is 203 g/mol. The summed E-state index contributed by atoms with van der Waals surface area (Å²) in [5.74, 6) is 0.607. The van der Waals surface area contributed by atoms with Crippen molar-refractivity contribution in [2.75, 3.05) is 0 Å². The van der Waals surface area contributed by atoms with Gasteiger partial charge in [-0.25, -0.2) is 0 Å². The van der Waals surface area contributed by atoms with Gasteiger partial charge in [0.15, 0.2) is 0 Å². The third-order valence-corrected chi connectivity index (χ3v) is 2.11. The summed E-state index contributed by atoms with van der Waals surface area (Å²) in [6.07, 6.45) is 4.56. The standard InChI is InChI=1S/C13H17NO/c1-11(2)8-9-13(10-14-15)12-6-4-3-5-7-12/h3-7,9-11,15H,8H2,1-2H3. The van der Waals surface area contributed by atoms with Gasteiger partial charge in [-0.15, -0.1) is 0 Å². The van der Waals surface area contributed by atoms with E-state index >= 15 is 0 Å². The zero-order chi connectivity index (χ0) is 11.1. The van der Waals surface area contributed by atoms with Crippen molar-refractivity contribution in [2.45, 2.75) is 20.3 Å². The fraction of sp³-hybridized carbons (Fsp3) is 0.308. The third kappa shape index (κ3) is 3.98. The lowest BCUT2D eigenvalue weighted by Crippen LogP contribution is -1.89. The highest BCUT2D eigenvalue weighted by Gasteiger charge is 1.98. The molecule has 0 aromatic heterocycles. The Morgan fingerprint density at radius 3 is 2.53 bits per heavy atom. The average Bonchev–Trinajstić information content (AvgIpc) is 2.25. The maximum absolute atomic E-state index is 8.59. The molecule has 0 radical (unpaired) electrons. The van der Waals surface area contributed by atoms with E-state index in [0.717, 1.165) is 17.6 Å². The summed E-state index contributed by atoms with van der Waals surface area (Å²) in [6.45, 7) is 4.32. The second-order valence-corrected chi connectivity index (χ2v) is 3.90. The van der Waals surface area contributed by atoms with E-state index in [-0.39, 0.29) is 0 Å². The highest BCUT2D eigenvalue weighted by molar-refractivity contribution is 6.09. The van der Waals surface area contributed by atoms with E-state index < -0.39 is 0 Å². The molecule has 0 aliphatic heterocycles. The molecular weight excluding hydrogens is 186 g/mol. The zero-order valence-corrected chi connectivity index (χ0v) is 9.22. The number of hydrogen-bond donors (Lipinski definition) is 1. The van der Waals surface area contributed by atoms with Crippen molar-refractivity contribution in [1.29, 1.82) is 0 Å². The van der Waals surface area contributed by atoms with E-state index in [1.54, 1.807) is 0 Å². The van der Waals surface area contributed by atoms with Gasteiger partial charge in [-0.3, -0.25) is 0 Å². The summed E-state index contributed by atoms with van der Waals surface area (Å²) in [4.78, 5) is 0. The maximum atomic E-state index is 8.59. The van der Waals surface area contributed by atoms with Crippen LogP contribution in [0.25, 0.3) is 5.57 Å². The number of allylic oxidation sites excluding steroid dienone is 2. The SMILES string of the molecule is CC(C)CC=C(C=NO)c1ccccc1. The van der Waals surface area contributed by atoms with Crippen LogP contribution < -0.4 is 0 Å². The molecule has 0 aliphatic carbocycles. The van der Waals surface area contributed by atoms with Gasteiger partial charge in [-0.05, 0) is 23.5 Å². The van der Waals surface area contributed by atoms with E-state index in [9.17, 15) is 0 Å². The summed E-state index contributed by atoms with van der Waals surface area (Å²) in [5, 5.41) is 11.7. The van der Waals surface area contributed by atoms with Crippen molar-refractivity contribution in [3.05, 3.63) is 42.0 Å². The second kappa shape index (κ2) is 6.02. The topological polar surface area (TPSA) is 32.6 Å². The van der Waals surface area contributed by atoms with Crippen molar-refractivity contribution >= 4 is 11.8 Å². The molecule has 2 nitrogen and oxygen atoms in total. The Kier molecular flexibility index (Phi) is 4.61. The molecule has 0 unspecified atom stereocenters. The smallest absolute Gasteiger partial charge is 0.0736 e.